The number of aromatic nitrogens is 3. The minimum absolute atomic E-state index is 0.236. The first kappa shape index (κ1) is 15.8. The van der Waals surface area contributed by atoms with E-state index in [0.29, 0.717) is 22.3 Å². The van der Waals surface area contributed by atoms with Crippen LogP contribution in [0.3, 0.4) is 0 Å². The summed E-state index contributed by atoms with van der Waals surface area (Å²) in [6.07, 6.45) is 4.44. The lowest BCUT2D eigenvalue weighted by atomic mass is 10.0. The van der Waals surface area contributed by atoms with Gasteiger partial charge in [-0.3, -0.25) is 15.2 Å². The number of carbonyl (C=O) groups is 1. The van der Waals surface area contributed by atoms with Gasteiger partial charge in [-0.15, -0.1) is 11.3 Å². The predicted octanol–water partition coefficient (Wildman–Crippen LogP) is 3.67. The predicted molar refractivity (Wildman–Crippen MR) is 97.3 cm³/mol. The van der Waals surface area contributed by atoms with Crippen LogP contribution in [0.15, 0.2) is 30.3 Å². The van der Waals surface area contributed by atoms with Crippen LogP contribution in [0.4, 0.5) is 5.13 Å². The molecule has 0 saturated heterocycles. The molecule has 6 nitrogen and oxygen atoms in total. The summed E-state index contributed by atoms with van der Waals surface area (Å²) in [6.45, 7) is 0. The van der Waals surface area contributed by atoms with E-state index in [0.717, 1.165) is 24.1 Å². The Bertz CT molecular complexity index is 892. The van der Waals surface area contributed by atoms with Crippen molar-refractivity contribution in [3.8, 4) is 17.0 Å². The maximum atomic E-state index is 12.5. The van der Waals surface area contributed by atoms with Crippen LogP contribution in [-0.4, -0.2) is 28.2 Å². The largest absolute Gasteiger partial charge is 0.496 e. The van der Waals surface area contributed by atoms with Crippen LogP contribution in [0.5, 0.6) is 5.75 Å². The molecule has 0 atom stereocenters. The van der Waals surface area contributed by atoms with Crippen LogP contribution in [-0.2, 0) is 12.8 Å². The molecule has 0 saturated carbocycles. The average Bonchev–Trinajstić information content (AvgIpc) is 3.28. The number of anilines is 1. The monoisotopic (exact) mass is 354 g/mol. The molecule has 0 fully saturated rings. The zero-order valence-electron chi connectivity index (χ0n) is 13.8. The zero-order valence-corrected chi connectivity index (χ0v) is 14.7. The summed E-state index contributed by atoms with van der Waals surface area (Å²) in [5, 5.41) is 10.6. The normalized spacial score (nSPS) is 13.3. The van der Waals surface area contributed by atoms with E-state index in [1.54, 1.807) is 24.5 Å². The van der Waals surface area contributed by atoms with Gasteiger partial charge in [0.15, 0.2) is 5.13 Å². The van der Waals surface area contributed by atoms with Gasteiger partial charge in [0.2, 0.25) is 0 Å². The van der Waals surface area contributed by atoms with Gasteiger partial charge in [-0.1, -0.05) is 12.1 Å². The Morgan fingerprint density at radius 2 is 2.12 bits per heavy atom. The van der Waals surface area contributed by atoms with Gasteiger partial charge in [-0.25, -0.2) is 4.98 Å². The van der Waals surface area contributed by atoms with E-state index in [2.05, 4.69) is 20.5 Å². The molecule has 0 radical (unpaired) electrons. The highest BCUT2D eigenvalue weighted by atomic mass is 32.1. The highest BCUT2D eigenvalue weighted by Gasteiger charge is 2.18. The van der Waals surface area contributed by atoms with Crippen LogP contribution < -0.4 is 10.1 Å². The lowest BCUT2D eigenvalue weighted by molar-refractivity contribution is 0.102. The van der Waals surface area contributed by atoms with E-state index in [-0.39, 0.29) is 5.91 Å². The summed E-state index contributed by atoms with van der Waals surface area (Å²) in [7, 11) is 1.61. The summed E-state index contributed by atoms with van der Waals surface area (Å²) in [5.74, 6) is 0.480. The fraction of sp³-hybridized carbons (Fsp3) is 0.278. The first-order valence-electron chi connectivity index (χ1n) is 8.23. The number of carbonyl (C=O) groups excluding carboxylic acids is 1. The van der Waals surface area contributed by atoms with Gasteiger partial charge >= 0.3 is 0 Å². The molecular weight excluding hydrogens is 336 g/mol. The molecule has 0 aliphatic heterocycles. The molecule has 1 aliphatic carbocycles. The number of aromatic amines is 1. The van der Waals surface area contributed by atoms with E-state index < -0.39 is 0 Å². The second-order valence-corrected chi connectivity index (χ2v) is 7.00. The van der Waals surface area contributed by atoms with Gasteiger partial charge in [-0.05, 0) is 43.9 Å². The summed E-state index contributed by atoms with van der Waals surface area (Å²) in [5.41, 5.74) is 3.03. The number of ether oxygens (including phenoxy) is 1. The van der Waals surface area contributed by atoms with E-state index in [4.69, 9.17) is 4.74 Å². The van der Waals surface area contributed by atoms with Crippen LogP contribution in [0.2, 0.25) is 0 Å². The Balaban J connectivity index is 1.53. The summed E-state index contributed by atoms with van der Waals surface area (Å²) in [6, 6.07) is 9.30. The van der Waals surface area contributed by atoms with Gasteiger partial charge in [0, 0.05) is 10.4 Å². The Morgan fingerprint density at radius 3 is 2.96 bits per heavy atom. The number of H-pyrrole nitrogens is 1. The molecule has 4 rings (SSSR count). The summed E-state index contributed by atoms with van der Waals surface area (Å²) in [4.78, 5) is 18.3. The molecule has 0 bridgehead atoms. The van der Waals surface area contributed by atoms with Crippen molar-refractivity contribution >= 4 is 22.4 Å². The van der Waals surface area contributed by atoms with Crippen LogP contribution >= 0.6 is 11.3 Å². The van der Waals surface area contributed by atoms with Crippen molar-refractivity contribution in [3.05, 3.63) is 46.6 Å². The standard InChI is InChI=1S/C18H18N4O2S/c1-24-15-8-4-2-6-11(15)13-10-14(22-21-13)17(23)20-18-19-12-7-3-5-9-16(12)25-18/h2,4,6,8,10H,3,5,7,9H2,1H3,(H,21,22)(H,19,20,23). The third kappa shape index (κ3) is 3.15. The summed E-state index contributed by atoms with van der Waals surface area (Å²) >= 11 is 1.57. The van der Waals surface area contributed by atoms with Crippen molar-refractivity contribution in [2.45, 2.75) is 25.7 Å². The number of nitrogens with one attached hydrogen (secondary N) is 2. The number of hydrogen-bond donors (Lipinski definition) is 2. The number of thiazole rings is 1. The van der Waals surface area contributed by atoms with E-state index in [9.17, 15) is 4.79 Å². The molecule has 25 heavy (non-hydrogen) atoms. The number of benzene rings is 1. The second kappa shape index (κ2) is 6.68. The number of fused-ring (bicyclic) bond motifs is 1. The van der Waals surface area contributed by atoms with Gasteiger partial charge in [0.25, 0.3) is 5.91 Å². The third-order valence-electron chi connectivity index (χ3n) is 4.27. The van der Waals surface area contributed by atoms with Crippen molar-refractivity contribution in [2.75, 3.05) is 12.4 Å². The molecule has 3 aromatic rings. The maximum absolute atomic E-state index is 12.5. The van der Waals surface area contributed by atoms with Gasteiger partial charge < -0.3 is 4.74 Å². The van der Waals surface area contributed by atoms with Crippen LogP contribution in [0, 0.1) is 0 Å². The molecule has 2 heterocycles. The number of para-hydroxylation sites is 1. The topological polar surface area (TPSA) is 79.9 Å². The molecule has 1 aliphatic rings. The van der Waals surface area contributed by atoms with Crippen LogP contribution in [0.1, 0.15) is 33.9 Å². The first-order valence-corrected chi connectivity index (χ1v) is 9.05. The number of aryl methyl sites for hydroxylation is 2. The number of hydrogen-bond acceptors (Lipinski definition) is 5. The Kier molecular flexibility index (Phi) is 4.23. The lowest BCUT2D eigenvalue weighted by Gasteiger charge is -2.06. The third-order valence-corrected chi connectivity index (χ3v) is 5.34. The van der Waals surface area contributed by atoms with Crippen molar-refractivity contribution < 1.29 is 9.53 Å². The van der Waals surface area contributed by atoms with Gasteiger partial charge in [-0.2, -0.15) is 5.10 Å². The second-order valence-electron chi connectivity index (χ2n) is 5.92. The van der Waals surface area contributed by atoms with Crippen LogP contribution in [0.25, 0.3) is 11.3 Å². The molecule has 0 spiro atoms. The maximum Gasteiger partial charge on any atom is 0.275 e. The zero-order chi connectivity index (χ0) is 17.2. The lowest BCUT2D eigenvalue weighted by Crippen LogP contribution is -2.12. The van der Waals surface area contributed by atoms with E-state index in [1.807, 2.05) is 24.3 Å². The molecule has 1 aromatic carbocycles. The number of methoxy groups -OCH3 is 1. The van der Waals surface area contributed by atoms with E-state index >= 15 is 0 Å². The van der Waals surface area contributed by atoms with Gasteiger partial charge in [0.05, 0.1) is 18.5 Å². The Hall–Kier alpha value is -2.67. The van der Waals surface area contributed by atoms with Gasteiger partial charge in [0.1, 0.15) is 11.4 Å². The number of amides is 1. The Labute approximate surface area is 149 Å². The molecule has 128 valence electrons. The van der Waals surface area contributed by atoms with Crippen molar-refractivity contribution in [1.29, 1.82) is 0 Å². The Morgan fingerprint density at radius 1 is 1.28 bits per heavy atom. The van der Waals surface area contributed by atoms with Crippen molar-refractivity contribution in [3.63, 3.8) is 0 Å². The quantitative estimate of drug-likeness (QED) is 0.749. The molecule has 2 aromatic heterocycles. The molecule has 7 heteroatoms. The number of nitrogens with zero attached hydrogens (tertiary/aromatic N) is 2. The first-order chi connectivity index (χ1) is 12.2. The highest BCUT2D eigenvalue weighted by Crippen LogP contribution is 2.31. The SMILES string of the molecule is COc1ccccc1-c1cc(C(=O)Nc2nc3c(s2)CCCC3)[nH]n1. The number of rotatable bonds is 4. The molecule has 0 unspecified atom stereocenters. The molecule has 2 N–H and O–H groups in total. The fourth-order valence-corrected chi connectivity index (χ4v) is 4.05. The van der Waals surface area contributed by atoms with E-state index in [1.165, 1.54) is 17.7 Å². The van der Waals surface area contributed by atoms with Crippen molar-refractivity contribution in [1.82, 2.24) is 15.2 Å². The molecular formula is C18H18N4O2S. The highest BCUT2D eigenvalue weighted by molar-refractivity contribution is 7.15. The fourth-order valence-electron chi connectivity index (χ4n) is 3.00. The average molecular weight is 354 g/mol. The minimum atomic E-state index is -0.236. The smallest absolute Gasteiger partial charge is 0.275 e. The van der Waals surface area contributed by atoms with Crippen molar-refractivity contribution in [2.24, 2.45) is 0 Å². The molecule has 1 amide bonds. The summed E-state index contributed by atoms with van der Waals surface area (Å²) < 4.78 is 5.35. The minimum Gasteiger partial charge on any atom is -0.496 e.